The topological polar surface area (TPSA) is 8.81 Å². The van der Waals surface area contributed by atoms with Gasteiger partial charge in [0.15, 0.2) is 0 Å². The summed E-state index contributed by atoms with van der Waals surface area (Å²) >= 11 is 0. The van der Waals surface area contributed by atoms with Crippen LogP contribution in [-0.4, -0.2) is 4.57 Å². The molecule has 2 aromatic carbocycles. The van der Waals surface area contributed by atoms with Crippen LogP contribution in [0.5, 0.6) is 0 Å². The first-order chi connectivity index (χ1) is 11.9. The lowest BCUT2D eigenvalue weighted by atomic mass is 10.00. The molecular weight excluding hydrogens is 340 g/mol. The molecule has 0 spiro atoms. The van der Waals surface area contributed by atoms with Crippen LogP contribution in [0.15, 0.2) is 42.7 Å². The number of nitrogens with zero attached hydrogens (tertiary/aromatic N) is 2. The van der Waals surface area contributed by atoms with Gasteiger partial charge in [-0.2, -0.15) is 4.57 Å². The first-order valence-corrected chi connectivity index (χ1v) is 9.15. The Morgan fingerprint density at radius 3 is 2.15 bits per heavy atom. The highest BCUT2D eigenvalue weighted by Crippen LogP contribution is 2.20. The minimum atomic E-state index is 0. The molecule has 2 nitrogen and oxygen atoms in total. The molecule has 0 fully saturated rings. The minimum Gasteiger partial charge on any atom is -1.00 e. The second-order valence-electron chi connectivity index (χ2n) is 7.14. The van der Waals surface area contributed by atoms with Gasteiger partial charge in [0.1, 0.15) is 23.6 Å². The van der Waals surface area contributed by atoms with Crippen LogP contribution >= 0.6 is 0 Å². The van der Waals surface area contributed by atoms with Crippen molar-refractivity contribution in [3.05, 3.63) is 81.9 Å². The number of hydrogen-bond acceptors (Lipinski definition) is 0. The van der Waals surface area contributed by atoms with Gasteiger partial charge in [0.05, 0.1) is 0 Å². The van der Waals surface area contributed by atoms with E-state index in [4.69, 9.17) is 0 Å². The van der Waals surface area contributed by atoms with Crippen molar-refractivity contribution in [1.29, 1.82) is 0 Å². The molecule has 0 bridgehead atoms. The highest BCUT2D eigenvalue weighted by molar-refractivity contribution is 5.42. The zero-order valence-electron chi connectivity index (χ0n) is 16.7. The number of aromatic nitrogens is 2. The van der Waals surface area contributed by atoms with E-state index in [1.165, 1.54) is 44.9 Å². The molecule has 0 aliphatic carbocycles. The maximum atomic E-state index is 2.38. The fourth-order valence-electron chi connectivity index (χ4n) is 3.77. The van der Waals surface area contributed by atoms with Gasteiger partial charge in [-0.15, -0.1) is 0 Å². The molecule has 3 rings (SSSR count). The summed E-state index contributed by atoms with van der Waals surface area (Å²) in [5.41, 5.74) is 10.8. The smallest absolute Gasteiger partial charge is 0.249 e. The SMILES string of the molecule is CCc1ccccc1-n1c[n+](Cc2c(C)cc(C)cc2C)c(C)c1C.[Cl-]. The van der Waals surface area contributed by atoms with Gasteiger partial charge in [-0.1, -0.05) is 42.8 Å². The number of hydrogen-bond donors (Lipinski definition) is 0. The lowest BCUT2D eigenvalue weighted by Gasteiger charge is -2.10. The van der Waals surface area contributed by atoms with Crippen LogP contribution < -0.4 is 17.0 Å². The van der Waals surface area contributed by atoms with E-state index >= 15 is 0 Å². The molecule has 138 valence electrons. The van der Waals surface area contributed by atoms with Gasteiger partial charge in [0, 0.05) is 13.8 Å². The summed E-state index contributed by atoms with van der Waals surface area (Å²) in [5, 5.41) is 0. The quantitative estimate of drug-likeness (QED) is 0.622. The predicted octanol–water partition coefficient (Wildman–Crippen LogP) is 1.92. The molecule has 0 amide bonds. The standard InChI is InChI=1S/C23H29N2.ClH/c1-7-21-10-8-9-11-23(21)25-15-24(19(5)20(25)6)14-22-17(3)12-16(2)13-18(22)4;/h8-13,15H,7,14H2,1-6H3;1H/q+1;/p-1. The molecule has 26 heavy (non-hydrogen) atoms. The lowest BCUT2D eigenvalue weighted by molar-refractivity contribution is -0.693. The van der Waals surface area contributed by atoms with E-state index in [2.05, 4.69) is 93.4 Å². The monoisotopic (exact) mass is 368 g/mol. The third-order valence-electron chi connectivity index (χ3n) is 5.37. The van der Waals surface area contributed by atoms with Crippen molar-refractivity contribution in [1.82, 2.24) is 4.57 Å². The van der Waals surface area contributed by atoms with Crippen LogP contribution in [0.2, 0.25) is 0 Å². The summed E-state index contributed by atoms with van der Waals surface area (Å²) in [6.45, 7) is 14.2. The van der Waals surface area contributed by atoms with E-state index in [9.17, 15) is 0 Å². The second-order valence-corrected chi connectivity index (χ2v) is 7.14. The number of benzene rings is 2. The van der Waals surface area contributed by atoms with E-state index in [0.29, 0.717) is 0 Å². The average molecular weight is 369 g/mol. The minimum absolute atomic E-state index is 0. The van der Waals surface area contributed by atoms with Crippen molar-refractivity contribution in [3.63, 3.8) is 0 Å². The van der Waals surface area contributed by atoms with Gasteiger partial charge in [-0.3, -0.25) is 0 Å². The number of aryl methyl sites for hydroxylation is 4. The second kappa shape index (κ2) is 8.09. The summed E-state index contributed by atoms with van der Waals surface area (Å²) < 4.78 is 4.72. The number of halogens is 1. The number of rotatable bonds is 4. The summed E-state index contributed by atoms with van der Waals surface area (Å²) in [6, 6.07) is 13.3. The zero-order chi connectivity index (χ0) is 18.1. The van der Waals surface area contributed by atoms with Gasteiger partial charge in [-0.25, -0.2) is 4.57 Å². The van der Waals surface area contributed by atoms with E-state index in [0.717, 1.165) is 13.0 Å². The Hall–Kier alpha value is -2.06. The Kier molecular flexibility index (Phi) is 6.30. The van der Waals surface area contributed by atoms with Crippen molar-refractivity contribution < 1.29 is 17.0 Å². The molecule has 0 saturated carbocycles. The zero-order valence-corrected chi connectivity index (χ0v) is 17.5. The fraction of sp³-hybridized carbons (Fsp3) is 0.348. The van der Waals surface area contributed by atoms with Crippen LogP contribution in [0.4, 0.5) is 0 Å². The normalized spacial score (nSPS) is 10.7. The van der Waals surface area contributed by atoms with Gasteiger partial charge < -0.3 is 12.4 Å². The van der Waals surface area contributed by atoms with Gasteiger partial charge >= 0.3 is 0 Å². The lowest BCUT2D eigenvalue weighted by Crippen LogP contribution is -3.00. The Morgan fingerprint density at radius 1 is 0.923 bits per heavy atom. The largest absolute Gasteiger partial charge is 1.00 e. The molecule has 0 aliphatic heterocycles. The molecule has 0 radical (unpaired) electrons. The van der Waals surface area contributed by atoms with Crippen LogP contribution in [0.1, 0.15) is 46.1 Å². The van der Waals surface area contributed by atoms with Crippen LogP contribution in [0, 0.1) is 34.6 Å². The predicted molar refractivity (Wildman–Crippen MR) is 105 cm³/mol. The van der Waals surface area contributed by atoms with Gasteiger partial charge in [0.25, 0.3) is 0 Å². The molecule has 0 atom stereocenters. The average Bonchev–Trinajstić information content (AvgIpc) is 2.86. The van der Waals surface area contributed by atoms with Gasteiger partial charge in [-0.05, 0) is 55.5 Å². The Morgan fingerprint density at radius 2 is 1.54 bits per heavy atom. The molecule has 3 aromatic rings. The third kappa shape index (κ3) is 3.71. The Labute approximate surface area is 163 Å². The Bertz CT molecular complexity index is 899. The van der Waals surface area contributed by atoms with Crippen LogP contribution in [0.3, 0.4) is 0 Å². The van der Waals surface area contributed by atoms with Crippen molar-refractivity contribution in [2.75, 3.05) is 0 Å². The maximum absolute atomic E-state index is 2.38. The highest BCUT2D eigenvalue weighted by Gasteiger charge is 2.20. The molecular formula is C23H29ClN2. The number of para-hydroxylation sites is 1. The Balaban J connectivity index is 0.00000243. The molecule has 1 heterocycles. The molecule has 3 heteroatoms. The molecule has 0 aliphatic rings. The van der Waals surface area contributed by atoms with Crippen molar-refractivity contribution in [2.45, 2.75) is 54.5 Å². The molecule has 1 aromatic heterocycles. The maximum Gasteiger partial charge on any atom is 0.249 e. The van der Waals surface area contributed by atoms with Crippen LogP contribution in [0.25, 0.3) is 5.69 Å². The van der Waals surface area contributed by atoms with Crippen molar-refractivity contribution in [3.8, 4) is 5.69 Å². The van der Waals surface area contributed by atoms with E-state index in [-0.39, 0.29) is 12.4 Å². The van der Waals surface area contributed by atoms with Crippen LogP contribution in [-0.2, 0) is 13.0 Å². The fourth-order valence-corrected chi connectivity index (χ4v) is 3.77. The van der Waals surface area contributed by atoms with E-state index < -0.39 is 0 Å². The highest BCUT2D eigenvalue weighted by atomic mass is 35.5. The first kappa shape index (κ1) is 20.3. The van der Waals surface area contributed by atoms with E-state index in [1.54, 1.807) is 0 Å². The summed E-state index contributed by atoms with van der Waals surface area (Å²) in [4.78, 5) is 0. The third-order valence-corrected chi connectivity index (χ3v) is 5.37. The molecule has 0 saturated heterocycles. The summed E-state index contributed by atoms with van der Waals surface area (Å²) in [5.74, 6) is 0. The summed E-state index contributed by atoms with van der Waals surface area (Å²) in [6.07, 6.45) is 3.31. The summed E-state index contributed by atoms with van der Waals surface area (Å²) in [7, 11) is 0. The van der Waals surface area contributed by atoms with Gasteiger partial charge in [0.2, 0.25) is 6.33 Å². The first-order valence-electron chi connectivity index (χ1n) is 9.15. The molecule has 0 N–H and O–H groups in total. The molecule has 0 unspecified atom stereocenters. The van der Waals surface area contributed by atoms with Crippen molar-refractivity contribution >= 4 is 0 Å². The number of imidazole rings is 1. The van der Waals surface area contributed by atoms with E-state index in [1.807, 2.05) is 0 Å². The van der Waals surface area contributed by atoms with Crippen molar-refractivity contribution in [2.24, 2.45) is 0 Å².